The van der Waals surface area contributed by atoms with Crippen molar-refractivity contribution in [1.82, 2.24) is 20.3 Å². The van der Waals surface area contributed by atoms with Gasteiger partial charge in [-0.25, -0.2) is 4.68 Å². The first-order valence-corrected chi connectivity index (χ1v) is 6.09. The molecule has 0 aliphatic carbocycles. The zero-order chi connectivity index (χ0) is 14.5. The molecular weight excluding hydrogens is 261 g/mol. The molecule has 0 fully saturated rings. The van der Waals surface area contributed by atoms with Crippen LogP contribution in [0.5, 0.6) is 0 Å². The van der Waals surface area contributed by atoms with Crippen molar-refractivity contribution in [2.75, 3.05) is 6.61 Å². The highest BCUT2D eigenvalue weighted by Crippen LogP contribution is 2.22. The van der Waals surface area contributed by atoms with E-state index in [9.17, 15) is 13.2 Å². The Kier molecular flexibility index (Phi) is 5.74. The monoisotopic (exact) mass is 280 g/mol. The van der Waals surface area contributed by atoms with Crippen LogP contribution < -0.4 is 5.32 Å². The Morgan fingerprint density at radius 1 is 1.37 bits per heavy atom. The van der Waals surface area contributed by atoms with Crippen LogP contribution in [0, 0.1) is 0 Å². The fourth-order valence-electron chi connectivity index (χ4n) is 1.26. The fraction of sp³-hybridized carbons (Fsp3) is 0.818. The van der Waals surface area contributed by atoms with E-state index in [-0.39, 0.29) is 13.2 Å². The second kappa shape index (κ2) is 6.85. The van der Waals surface area contributed by atoms with Gasteiger partial charge in [0.1, 0.15) is 0 Å². The van der Waals surface area contributed by atoms with Crippen LogP contribution >= 0.6 is 0 Å². The number of rotatable bonds is 7. The highest BCUT2D eigenvalue weighted by molar-refractivity contribution is 4.91. The molecule has 0 amide bonds. The molecule has 0 spiro atoms. The van der Waals surface area contributed by atoms with E-state index in [0.29, 0.717) is 12.6 Å². The van der Waals surface area contributed by atoms with E-state index in [4.69, 9.17) is 0 Å². The van der Waals surface area contributed by atoms with Crippen LogP contribution in [-0.4, -0.2) is 39.9 Å². The molecule has 8 heteroatoms. The van der Waals surface area contributed by atoms with Crippen molar-refractivity contribution in [2.45, 2.75) is 52.2 Å². The molecule has 0 aromatic carbocycles. The molecule has 0 aliphatic rings. The molecule has 0 saturated carbocycles. The minimum Gasteiger partial charge on any atom is -0.367 e. The SMILES string of the molecule is CC(C)NCc1cn(CCOC(C)C(F)(F)F)nn1. The van der Waals surface area contributed by atoms with E-state index in [1.165, 1.54) is 4.68 Å². The lowest BCUT2D eigenvalue weighted by atomic mass is 10.3. The standard InChI is InChI=1S/C11H19F3N4O/c1-8(2)15-6-10-7-18(17-16-10)4-5-19-9(3)11(12,13)14/h7-9,15H,4-6H2,1-3H3. The maximum absolute atomic E-state index is 12.2. The Morgan fingerprint density at radius 2 is 2.05 bits per heavy atom. The summed E-state index contributed by atoms with van der Waals surface area (Å²) in [5.74, 6) is 0. The summed E-state index contributed by atoms with van der Waals surface area (Å²) in [6, 6.07) is 0.334. The minimum absolute atomic E-state index is 0.0545. The van der Waals surface area contributed by atoms with Gasteiger partial charge in [-0.15, -0.1) is 5.10 Å². The maximum Gasteiger partial charge on any atom is 0.414 e. The van der Waals surface area contributed by atoms with Crippen LogP contribution in [0.1, 0.15) is 26.5 Å². The molecule has 1 aromatic rings. The van der Waals surface area contributed by atoms with Gasteiger partial charge in [0, 0.05) is 18.8 Å². The predicted molar refractivity (Wildman–Crippen MR) is 63.5 cm³/mol. The van der Waals surface area contributed by atoms with Crippen LogP contribution in [0.25, 0.3) is 0 Å². The summed E-state index contributed by atoms with van der Waals surface area (Å²) < 4.78 is 42.7. The van der Waals surface area contributed by atoms with Crippen LogP contribution in [0.4, 0.5) is 13.2 Å². The number of hydrogen-bond acceptors (Lipinski definition) is 4. The normalized spacial score (nSPS) is 14.1. The summed E-state index contributed by atoms with van der Waals surface area (Å²) in [7, 11) is 0. The van der Waals surface area contributed by atoms with E-state index < -0.39 is 12.3 Å². The zero-order valence-electron chi connectivity index (χ0n) is 11.2. The number of hydrogen-bond donors (Lipinski definition) is 1. The largest absolute Gasteiger partial charge is 0.414 e. The summed E-state index contributed by atoms with van der Waals surface area (Å²) in [6.07, 6.45) is -4.40. The average Bonchev–Trinajstić information content (AvgIpc) is 2.73. The van der Waals surface area contributed by atoms with Crippen LogP contribution in [0.2, 0.25) is 0 Å². The molecule has 19 heavy (non-hydrogen) atoms. The van der Waals surface area contributed by atoms with Gasteiger partial charge in [0.2, 0.25) is 0 Å². The summed E-state index contributed by atoms with van der Waals surface area (Å²) in [6.45, 7) is 5.78. The van der Waals surface area contributed by atoms with Crippen molar-refractivity contribution < 1.29 is 17.9 Å². The number of alkyl halides is 3. The van der Waals surface area contributed by atoms with Crippen molar-refractivity contribution in [3.05, 3.63) is 11.9 Å². The number of halogens is 3. The lowest BCUT2D eigenvalue weighted by Gasteiger charge is -2.15. The first kappa shape index (κ1) is 15.9. The summed E-state index contributed by atoms with van der Waals surface area (Å²) in [5.41, 5.74) is 0.748. The topological polar surface area (TPSA) is 52.0 Å². The summed E-state index contributed by atoms with van der Waals surface area (Å²) in [5, 5.41) is 10.9. The van der Waals surface area contributed by atoms with Gasteiger partial charge in [-0.3, -0.25) is 0 Å². The third kappa shape index (κ3) is 6.02. The minimum atomic E-state index is -4.32. The van der Waals surface area contributed by atoms with Gasteiger partial charge in [0.05, 0.1) is 18.8 Å². The number of nitrogens with one attached hydrogen (secondary N) is 1. The first-order chi connectivity index (χ1) is 8.79. The Hall–Kier alpha value is -1.15. The Morgan fingerprint density at radius 3 is 2.63 bits per heavy atom. The van der Waals surface area contributed by atoms with Gasteiger partial charge in [-0.2, -0.15) is 13.2 Å². The second-order valence-electron chi connectivity index (χ2n) is 4.56. The highest BCUT2D eigenvalue weighted by Gasteiger charge is 2.36. The van der Waals surface area contributed by atoms with E-state index in [2.05, 4.69) is 20.4 Å². The third-order valence-corrected chi connectivity index (χ3v) is 2.43. The van der Waals surface area contributed by atoms with Gasteiger partial charge in [-0.1, -0.05) is 19.1 Å². The van der Waals surface area contributed by atoms with Crippen molar-refractivity contribution in [3.63, 3.8) is 0 Å². The smallest absolute Gasteiger partial charge is 0.367 e. The van der Waals surface area contributed by atoms with E-state index in [1.54, 1.807) is 6.20 Å². The van der Waals surface area contributed by atoms with E-state index >= 15 is 0 Å². The van der Waals surface area contributed by atoms with Crippen molar-refractivity contribution >= 4 is 0 Å². The number of aromatic nitrogens is 3. The van der Waals surface area contributed by atoms with Crippen molar-refractivity contribution in [1.29, 1.82) is 0 Å². The van der Waals surface area contributed by atoms with Crippen LogP contribution in [0.3, 0.4) is 0 Å². The molecule has 0 saturated heterocycles. The Labute approximate surface area is 110 Å². The maximum atomic E-state index is 12.2. The van der Waals surface area contributed by atoms with Crippen LogP contribution in [0.15, 0.2) is 6.20 Å². The summed E-state index contributed by atoms with van der Waals surface area (Å²) >= 11 is 0. The molecule has 1 heterocycles. The second-order valence-corrected chi connectivity index (χ2v) is 4.56. The van der Waals surface area contributed by atoms with E-state index in [1.807, 2.05) is 13.8 Å². The molecule has 1 atom stereocenters. The van der Waals surface area contributed by atoms with Gasteiger partial charge in [0.25, 0.3) is 0 Å². The molecule has 1 aromatic heterocycles. The molecule has 1 rings (SSSR count). The van der Waals surface area contributed by atoms with E-state index in [0.717, 1.165) is 12.6 Å². The Balaban J connectivity index is 2.30. The quantitative estimate of drug-likeness (QED) is 0.826. The third-order valence-electron chi connectivity index (χ3n) is 2.43. The van der Waals surface area contributed by atoms with Crippen molar-refractivity contribution in [2.24, 2.45) is 0 Å². The lowest BCUT2D eigenvalue weighted by molar-refractivity contribution is -0.214. The Bertz CT molecular complexity index is 378. The number of ether oxygens (including phenoxy) is 1. The number of nitrogens with zero attached hydrogens (tertiary/aromatic N) is 3. The van der Waals surface area contributed by atoms with Crippen molar-refractivity contribution in [3.8, 4) is 0 Å². The lowest BCUT2D eigenvalue weighted by Crippen LogP contribution is -2.29. The van der Waals surface area contributed by atoms with Gasteiger partial charge < -0.3 is 10.1 Å². The summed E-state index contributed by atoms with van der Waals surface area (Å²) in [4.78, 5) is 0. The predicted octanol–water partition coefficient (Wildman–Crippen LogP) is 1.74. The average molecular weight is 280 g/mol. The van der Waals surface area contributed by atoms with Crippen LogP contribution in [-0.2, 0) is 17.8 Å². The molecule has 1 N–H and O–H groups in total. The molecular formula is C11H19F3N4O. The van der Waals surface area contributed by atoms with Gasteiger partial charge in [0.15, 0.2) is 6.10 Å². The van der Waals surface area contributed by atoms with Gasteiger partial charge in [-0.05, 0) is 6.92 Å². The first-order valence-electron chi connectivity index (χ1n) is 6.09. The molecule has 0 bridgehead atoms. The zero-order valence-corrected chi connectivity index (χ0v) is 11.2. The molecule has 1 unspecified atom stereocenters. The molecule has 0 radical (unpaired) electrons. The van der Waals surface area contributed by atoms with Gasteiger partial charge >= 0.3 is 6.18 Å². The highest BCUT2D eigenvalue weighted by atomic mass is 19.4. The molecule has 0 aliphatic heterocycles. The molecule has 110 valence electrons. The fourth-order valence-corrected chi connectivity index (χ4v) is 1.26. The molecule has 5 nitrogen and oxygen atoms in total.